The molecule has 0 aliphatic rings. The zero-order chi connectivity index (χ0) is 13.4. The van der Waals surface area contributed by atoms with Crippen LogP contribution in [0.3, 0.4) is 0 Å². The number of aryl methyl sites for hydroxylation is 1. The smallest absolute Gasteiger partial charge is 0.265 e. The minimum Gasteiger partial charge on any atom is -0.364 e. The lowest BCUT2D eigenvalue weighted by Gasteiger charge is -2.03. The number of H-pyrrole nitrogens is 1. The number of amides is 1. The summed E-state index contributed by atoms with van der Waals surface area (Å²) in [6, 6.07) is 16.1. The second-order valence-electron chi connectivity index (χ2n) is 4.58. The summed E-state index contributed by atoms with van der Waals surface area (Å²) in [7, 11) is 0. The third kappa shape index (κ3) is 1.80. The number of carbonyl (C=O) groups is 1. The first-order chi connectivity index (χ1) is 9.18. The summed E-state index contributed by atoms with van der Waals surface area (Å²) in [6.45, 7) is 1.91. The Morgan fingerprint density at radius 2 is 1.79 bits per heavy atom. The molecule has 3 rings (SSSR count). The van der Waals surface area contributed by atoms with Crippen molar-refractivity contribution in [1.82, 2.24) is 4.98 Å². The Labute approximate surface area is 111 Å². The highest BCUT2D eigenvalue weighted by atomic mass is 16.1. The van der Waals surface area contributed by atoms with Crippen molar-refractivity contribution in [3.05, 3.63) is 59.8 Å². The average Bonchev–Trinajstić information content (AvgIpc) is 2.78. The van der Waals surface area contributed by atoms with Crippen molar-refractivity contribution in [2.45, 2.75) is 6.92 Å². The second kappa shape index (κ2) is 4.28. The quantitative estimate of drug-likeness (QED) is 0.720. The Hall–Kier alpha value is -2.55. The molecule has 1 amide bonds. The van der Waals surface area contributed by atoms with Crippen LogP contribution in [0.15, 0.2) is 48.5 Å². The van der Waals surface area contributed by atoms with Gasteiger partial charge in [-0.05, 0) is 18.1 Å². The molecule has 19 heavy (non-hydrogen) atoms. The number of hydrogen-bond donors (Lipinski definition) is 2. The van der Waals surface area contributed by atoms with Crippen LogP contribution < -0.4 is 5.73 Å². The van der Waals surface area contributed by atoms with Gasteiger partial charge >= 0.3 is 0 Å². The van der Waals surface area contributed by atoms with E-state index in [0.717, 1.165) is 27.6 Å². The molecule has 0 spiro atoms. The van der Waals surface area contributed by atoms with Crippen LogP contribution in [0.2, 0.25) is 0 Å². The molecule has 0 atom stereocenters. The fraction of sp³-hybridized carbons (Fsp3) is 0.0625. The van der Waals surface area contributed by atoms with Crippen molar-refractivity contribution in [3.63, 3.8) is 0 Å². The zero-order valence-corrected chi connectivity index (χ0v) is 10.6. The molecule has 0 aliphatic carbocycles. The molecule has 3 N–H and O–H groups in total. The number of primary amides is 1. The minimum atomic E-state index is -0.423. The van der Waals surface area contributed by atoms with Gasteiger partial charge in [-0.2, -0.15) is 0 Å². The van der Waals surface area contributed by atoms with Crippen LogP contribution in [-0.4, -0.2) is 10.9 Å². The van der Waals surface area contributed by atoms with Gasteiger partial charge in [0.15, 0.2) is 0 Å². The van der Waals surface area contributed by atoms with E-state index >= 15 is 0 Å². The van der Waals surface area contributed by atoms with Gasteiger partial charge in [0.2, 0.25) is 0 Å². The monoisotopic (exact) mass is 250 g/mol. The molecule has 1 aromatic heterocycles. The van der Waals surface area contributed by atoms with E-state index in [1.54, 1.807) is 0 Å². The maximum Gasteiger partial charge on any atom is 0.265 e. The van der Waals surface area contributed by atoms with Gasteiger partial charge in [0.25, 0.3) is 5.91 Å². The number of aromatic amines is 1. The molecule has 3 aromatic rings. The van der Waals surface area contributed by atoms with Crippen LogP contribution >= 0.6 is 0 Å². The Balaban J connectivity index is 2.33. The maximum absolute atomic E-state index is 11.4. The Kier molecular flexibility index (Phi) is 2.60. The van der Waals surface area contributed by atoms with Crippen molar-refractivity contribution in [2.24, 2.45) is 5.73 Å². The van der Waals surface area contributed by atoms with Gasteiger partial charge in [-0.25, -0.2) is 0 Å². The predicted molar refractivity (Wildman–Crippen MR) is 77.0 cm³/mol. The number of carbonyl (C=O) groups excluding carboxylic acids is 1. The van der Waals surface area contributed by atoms with E-state index in [1.807, 2.05) is 43.3 Å². The second-order valence-corrected chi connectivity index (χ2v) is 4.58. The number of benzene rings is 2. The van der Waals surface area contributed by atoms with E-state index in [9.17, 15) is 4.79 Å². The van der Waals surface area contributed by atoms with Crippen molar-refractivity contribution in [3.8, 4) is 11.1 Å². The largest absolute Gasteiger partial charge is 0.364 e. The Bertz CT molecular complexity index is 757. The van der Waals surface area contributed by atoms with Gasteiger partial charge in [-0.3, -0.25) is 4.79 Å². The summed E-state index contributed by atoms with van der Waals surface area (Å²) in [5, 5.41) is 1.04. The first kappa shape index (κ1) is 11.5. The summed E-state index contributed by atoms with van der Waals surface area (Å²) in [5.74, 6) is -0.423. The number of nitrogens with two attached hydrogens (primary N) is 1. The van der Waals surface area contributed by atoms with Gasteiger partial charge < -0.3 is 10.7 Å². The van der Waals surface area contributed by atoms with Crippen LogP contribution in [-0.2, 0) is 0 Å². The van der Waals surface area contributed by atoms with E-state index in [4.69, 9.17) is 5.73 Å². The van der Waals surface area contributed by atoms with Gasteiger partial charge in [0.1, 0.15) is 5.69 Å². The molecule has 0 radical (unpaired) electrons. The fourth-order valence-electron chi connectivity index (χ4n) is 2.46. The molecule has 0 unspecified atom stereocenters. The van der Waals surface area contributed by atoms with Crippen molar-refractivity contribution in [1.29, 1.82) is 0 Å². The number of rotatable bonds is 2. The third-order valence-corrected chi connectivity index (χ3v) is 3.42. The molecule has 0 bridgehead atoms. The Morgan fingerprint density at radius 3 is 2.47 bits per heavy atom. The number of aromatic nitrogens is 1. The molecule has 0 saturated carbocycles. The SMILES string of the molecule is Cc1c(C(N)=O)[nH]c2c(-c3ccccc3)cccc12. The van der Waals surface area contributed by atoms with Gasteiger partial charge in [-0.15, -0.1) is 0 Å². The van der Waals surface area contributed by atoms with Crippen molar-refractivity contribution < 1.29 is 4.79 Å². The molecule has 0 aliphatic heterocycles. The summed E-state index contributed by atoms with van der Waals surface area (Å²) in [4.78, 5) is 14.6. The summed E-state index contributed by atoms with van der Waals surface area (Å²) >= 11 is 0. The van der Waals surface area contributed by atoms with Crippen molar-refractivity contribution >= 4 is 16.8 Å². The number of para-hydroxylation sites is 1. The number of fused-ring (bicyclic) bond motifs is 1. The normalized spacial score (nSPS) is 10.8. The third-order valence-electron chi connectivity index (χ3n) is 3.42. The topological polar surface area (TPSA) is 58.9 Å². The first-order valence-corrected chi connectivity index (χ1v) is 6.15. The lowest BCUT2D eigenvalue weighted by atomic mass is 10.0. The molecular weight excluding hydrogens is 236 g/mol. The van der Waals surface area contributed by atoms with Gasteiger partial charge in [-0.1, -0.05) is 48.5 Å². The standard InChI is InChI=1S/C16H14N2O/c1-10-12-8-5-9-13(11-6-3-2-4-7-11)15(12)18-14(10)16(17)19/h2-9,18H,1H3,(H2,17,19). The van der Waals surface area contributed by atoms with E-state index in [0.29, 0.717) is 5.69 Å². The molecule has 2 aromatic carbocycles. The molecule has 0 saturated heterocycles. The molecular formula is C16H14N2O. The van der Waals surface area contributed by atoms with Gasteiger partial charge in [0, 0.05) is 10.9 Å². The van der Waals surface area contributed by atoms with E-state index in [-0.39, 0.29) is 0 Å². The van der Waals surface area contributed by atoms with Crippen LogP contribution in [0.4, 0.5) is 0 Å². The zero-order valence-electron chi connectivity index (χ0n) is 10.6. The van der Waals surface area contributed by atoms with Crippen LogP contribution in [0, 0.1) is 6.92 Å². The van der Waals surface area contributed by atoms with E-state index < -0.39 is 5.91 Å². The summed E-state index contributed by atoms with van der Waals surface area (Å²) < 4.78 is 0. The lowest BCUT2D eigenvalue weighted by Crippen LogP contribution is -2.12. The number of nitrogens with one attached hydrogen (secondary N) is 1. The fourth-order valence-corrected chi connectivity index (χ4v) is 2.46. The molecule has 3 heteroatoms. The highest BCUT2D eigenvalue weighted by molar-refractivity contribution is 6.04. The Morgan fingerprint density at radius 1 is 1.05 bits per heavy atom. The summed E-state index contributed by atoms with van der Waals surface area (Å²) in [5.41, 5.74) is 9.94. The molecule has 0 fully saturated rings. The highest BCUT2D eigenvalue weighted by Gasteiger charge is 2.14. The average molecular weight is 250 g/mol. The van der Waals surface area contributed by atoms with Crippen LogP contribution in [0.1, 0.15) is 16.1 Å². The predicted octanol–water partition coefficient (Wildman–Crippen LogP) is 3.24. The molecule has 1 heterocycles. The molecule has 3 nitrogen and oxygen atoms in total. The highest BCUT2D eigenvalue weighted by Crippen LogP contribution is 2.31. The number of hydrogen-bond acceptors (Lipinski definition) is 1. The lowest BCUT2D eigenvalue weighted by molar-refractivity contribution is 0.0996. The van der Waals surface area contributed by atoms with Crippen LogP contribution in [0.25, 0.3) is 22.0 Å². The summed E-state index contributed by atoms with van der Waals surface area (Å²) in [6.07, 6.45) is 0. The van der Waals surface area contributed by atoms with Gasteiger partial charge in [0.05, 0.1) is 5.52 Å². The van der Waals surface area contributed by atoms with Crippen molar-refractivity contribution in [2.75, 3.05) is 0 Å². The van der Waals surface area contributed by atoms with E-state index in [1.165, 1.54) is 0 Å². The molecule has 94 valence electrons. The first-order valence-electron chi connectivity index (χ1n) is 6.15. The van der Waals surface area contributed by atoms with Crippen LogP contribution in [0.5, 0.6) is 0 Å². The maximum atomic E-state index is 11.4. The minimum absolute atomic E-state index is 0.423. The van der Waals surface area contributed by atoms with E-state index in [2.05, 4.69) is 17.1 Å².